The number of thioether (sulfide) groups is 1. The van der Waals surface area contributed by atoms with Gasteiger partial charge in [0.15, 0.2) is 5.16 Å². The molecule has 0 saturated carbocycles. The molecule has 0 bridgehead atoms. The van der Waals surface area contributed by atoms with Gasteiger partial charge in [0.2, 0.25) is 5.91 Å². The van der Waals surface area contributed by atoms with E-state index in [-0.39, 0.29) is 12.0 Å². The number of halogens is 1. The molecular weight excluding hydrogens is 418 g/mol. The highest BCUT2D eigenvalue weighted by atomic mass is 35.5. The Hall–Kier alpha value is -2.28. The van der Waals surface area contributed by atoms with Gasteiger partial charge in [-0.05, 0) is 44.0 Å². The third kappa shape index (κ3) is 5.25. The van der Waals surface area contributed by atoms with Crippen molar-refractivity contribution in [3.05, 3.63) is 65.3 Å². The molecule has 1 atom stereocenters. The van der Waals surface area contributed by atoms with Crippen molar-refractivity contribution < 1.29 is 9.53 Å². The van der Waals surface area contributed by atoms with Crippen LogP contribution in [-0.2, 0) is 9.53 Å². The molecule has 1 fully saturated rings. The van der Waals surface area contributed by atoms with Gasteiger partial charge in [-0.1, -0.05) is 53.2 Å². The molecule has 1 N–H and O–H groups in total. The van der Waals surface area contributed by atoms with Gasteiger partial charge >= 0.3 is 0 Å². The first-order chi connectivity index (χ1) is 14.6. The number of ether oxygens (including phenoxy) is 1. The number of hydrogen-bond acceptors (Lipinski definition) is 4. The number of nitrogens with zero attached hydrogens (tertiary/aromatic N) is 2. The molecule has 1 aromatic heterocycles. The van der Waals surface area contributed by atoms with Gasteiger partial charge in [0, 0.05) is 35.6 Å². The zero-order valence-electron chi connectivity index (χ0n) is 16.8. The van der Waals surface area contributed by atoms with Crippen molar-refractivity contribution in [1.29, 1.82) is 0 Å². The van der Waals surface area contributed by atoms with Gasteiger partial charge in [0.25, 0.3) is 0 Å². The lowest BCUT2D eigenvalue weighted by Crippen LogP contribution is -2.32. The first kappa shape index (κ1) is 21.0. The van der Waals surface area contributed by atoms with Crippen LogP contribution in [0.1, 0.15) is 18.4 Å². The maximum atomic E-state index is 12.3. The fraction of sp³-hybridized carbons (Fsp3) is 0.304. The topological polar surface area (TPSA) is 56.2 Å². The van der Waals surface area contributed by atoms with Crippen LogP contribution >= 0.6 is 23.4 Å². The van der Waals surface area contributed by atoms with Gasteiger partial charge in [-0.25, -0.2) is 4.98 Å². The summed E-state index contributed by atoms with van der Waals surface area (Å²) in [5, 5.41) is 4.43. The zero-order valence-corrected chi connectivity index (χ0v) is 18.4. The summed E-state index contributed by atoms with van der Waals surface area (Å²) in [5.74, 6) is 0.289. The van der Waals surface area contributed by atoms with Gasteiger partial charge < -0.3 is 10.1 Å². The van der Waals surface area contributed by atoms with Crippen LogP contribution in [0.4, 0.5) is 0 Å². The van der Waals surface area contributed by atoms with Crippen LogP contribution in [0.25, 0.3) is 16.9 Å². The average Bonchev–Trinajstić information content (AvgIpc) is 3.42. The summed E-state index contributed by atoms with van der Waals surface area (Å²) in [7, 11) is 0. The van der Waals surface area contributed by atoms with E-state index in [4.69, 9.17) is 21.3 Å². The van der Waals surface area contributed by atoms with Crippen LogP contribution in [0, 0.1) is 6.92 Å². The van der Waals surface area contributed by atoms with Crippen molar-refractivity contribution in [2.24, 2.45) is 0 Å². The molecule has 3 aromatic rings. The number of aryl methyl sites for hydroxylation is 1. The summed E-state index contributed by atoms with van der Waals surface area (Å²) >= 11 is 7.45. The Morgan fingerprint density at radius 1 is 1.23 bits per heavy atom. The zero-order chi connectivity index (χ0) is 20.9. The predicted octanol–water partition coefficient (Wildman–Crippen LogP) is 4.89. The molecular formula is C23H24ClN3O2S. The van der Waals surface area contributed by atoms with Gasteiger partial charge in [-0.3, -0.25) is 9.36 Å². The maximum absolute atomic E-state index is 12.3. The molecule has 156 valence electrons. The van der Waals surface area contributed by atoms with E-state index in [2.05, 4.69) is 36.5 Å². The summed E-state index contributed by atoms with van der Waals surface area (Å²) in [4.78, 5) is 17.1. The van der Waals surface area contributed by atoms with E-state index in [1.54, 1.807) is 0 Å². The summed E-state index contributed by atoms with van der Waals surface area (Å²) in [6, 6.07) is 15.9. The van der Waals surface area contributed by atoms with Crippen LogP contribution in [0.2, 0.25) is 5.02 Å². The third-order valence-corrected chi connectivity index (χ3v) is 6.21. The molecule has 30 heavy (non-hydrogen) atoms. The second-order valence-electron chi connectivity index (χ2n) is 7.35. The molecule has 0 radical (unpaired) electrons. The number of carbonyl (C=O) groups is 1. The number of rotatable bonds is 7. The fourth-order valence-corrected chi connectivity index (χ4v) is 4.28. The van der Waals surface area contributed by atoms with Crippen LogP contribution in [0.3, 0.4) is 0 Å². The van der Waals surface area contributed by atoms with Gasteiger partial charge in [-0.15, -0.1) is 0 Å². The molecule has 0 aliphatic carbocycles. The van der Waals surface area contributed by atoms with Crippen LogP contribution < -0.4 is 5.32 Å². The number of nitrogens with one attached hydrogen (secondary N) is 1. The summed E-state index contributed by atoms with van der Waals surface area (Å²) in [6.07, 6.45) is 4.22. The minimum Gasteiger partial charge on any atom is -0.376 e. The molecule has 2 aromatic carbocycles. The van der Waals surface area contributed by atoms with Gasteiger partial charge in [0.1, 0.15) is 0 Å². The number of benzene rings is 2. The molecule has 1 aliphatic heterocycles. The Bertz CT molecular complexity index is 996. The molecule has 2 heterocycles. The summed E-state index contributed by atoms with van der Waals surface area (Å²) < 4.78 is 7.60. The quantitative estimate of drug-likeness (QED) is 0.530. The van der Waals surface area contributed by atoms with E-state index in [0.717, 1.165) is 41.5 Å². The lowest BCUT2D eigenvalue weighted by Gasteiger charge is -2.11. The Labute approximate surface area is 185 Å². The predicted molar refractivity (Wildman–Crippen MR) is 121 cm³/mol. The van der Waals surface area contributed by atoms with Crippen molar-refractivity contribution in [2.45, 2.75) is 31.0 Å². The van der Waals surface area contributed by atoms with E-state index >= 15 is 0 Å². The van der Waals surface area contributed by atoms with Crippen LogP contribution in [0.5, 0.6) is 0 Å². The molecule has 4 rings (SSSR count). The van der Waals surface area contributed by atoms with Crippen molar-refractivity contribution in [1.82, 2.24) is 14.9 Å². The van der Waals surface area contributed by atoms with Crippen LogP contribution in [0.15, 0.2) is 59.9 Å². The van der Waals surface area contributed by atoms with E-state index in [9.17, 15) is 4.79 Å². The molecule has 1 saturated heterocycles. The Morgan fingerprint density at radius 2 is 2.00 bits per heavy atom. The highest BCUT2D eigenvalue weighted by Gasteiger charge is 2.17. The highest BCUT2D eigenvalue weighted by molar-refractivity contribution is 7.99. The largest absolute Gasteiger partial charge is 0.376 e. The normalized spacial score (nSPS) is 16.0. The first-order valence-electron chi connectivity index (χ1n) is 10.0. The average molecular weight is 442 g/mol. The Morgan fingerprint density at radius 3 is 2.70 bits per heavy atom. The van der Waals surface area contributed by atoms with Gasteiger partial charge in [0.05, 0.1) is 17.6 Å². The standard InChI is InChI=1S/C23H24ClN3O2S/c1-16-4-10-19(11-5-16)27-14-21(17-6-8-18(24)9-7-17)26-23(27)30-15-22(28)25-13-20-3-2-12-29-20/h4-11,14,20H,2-3,12-13,15H2,1H3,(H,25,28)/t20-/m1/s1. The summed E-state index contributed by atoms with van der Waals surface area (Å²) in [6.45, 7) is 3.42. The molecule has 5 nitrogen and oxygen atoms in total. The Balaban J connectivity index is 1.51. The Kier molecular flexibility index (Phi) is 6.77. The minimum atomic E-state index is -0.0120. The number of amides is 1. The number of carbonyl (C=O) groups excluding carboxylic acids is 1. The number of imidazole rings is 1. The molecule has 1 aliphatic rings. The van der Waals surface area contributed by atoms with Crippen LogP contribution in [-0.4, -0.2) is 40.5 Å². The lowest BCUT2D eigenvalue weighted by molar-refractivity contribution is -0.119. The first-order valence-corrected chi connectivity index (χ1v) is 11.4. The van der Waals surface area contributed by atoms with E-state index in [0.29, 0.717) is 17.3 Å². The highest BCUT2D eigenvalue weighted by Crippen LogP contribution is 2.28. The monoisotopic (exact) mass is 441 g/mol. The lowest BCUT2D eigenvalue weighted by atomic mass is 10.2. The summed E-state index contributed by atoms with van der Waals surface area (Å²) in [5.41, 5.74) is 4.03. The second-order valence-corrected chi connectivity index (χ2v) is 8.73. The fourth-order valence-electron chi connectivity index (χ4n) is 3.33. The van der Waals surface area contributed by atoms with E-state index in [1.165, 1.54) is 17.3 Å². The van der Waals surface area contributed by atoms with E-state index in [1.807, 2.05) is 35.0 Å². The van der Waals surface area contributed by atoms with Crippen molar-refractivity contribution >= 4 is 29.3 Å². The van der Waals surface area contributed by atoms with Crippen molar-refractivity contribution in [3.63, 3.8) is 0 Å². The smallest absolute Gasteiger partial charge is 0.230 e. The van der Waals surface area contributed by atoms with Crippen molar-refractivity contribution in [2.75, 3.05) is 18.9 Å². The minimum absolute atomic E-state index is 0.0120. The molecule has 7 heteroatoms. The van der Waals surface area contributed by atoms with Gasteiger partial charge in [-0.2, -0.15) is 0 Å². The van der Waals surface area contributed by atoms with Crippen molar-refractivity contribution in [3.8, 4) is 16.9 Å². The maximum Gasteiger partial charge on any atom is 0.230 e. The number of hydrogen-bond donors (Lipinski definition) is 1. The molecule has 1 amide bonds. The number of aromatic nitrogens is 2. The second kappa shape index (κ2) is 9.69. The third-order valence-electron chi connectivity index (χ3n) is 5.01. The molecule has 0 unspecified atom stereocenters. The molecule has 0 spiro atoms. The SMILES string of the molecule is Cc1ccc(-n2cc(-c3ccc(Cl)cc3)nc2SCC(=O)NC[C@H]2CCCO2)cc1. The van der Waals surface area contributed by atoms with E-state index < -0.39 is 0 Å².